The van der Waals surface area contributed by atoms with Crippen LogP contribution in [0.5, 0.6) is 0 Å². The van der Waals surface area contributed by atoms with E-state index in [-0.39, 0.29) is 31.3 Å². The number of anilines is 2. The summed E-state index contributed by atoms with van der Waals surface area (Å²) in [6, 6.07) is 15.1. The van der Waals surface area contributed by atoms with Gasteiger partial charge in [-0.2, -0.15) is 0 Å². The van der Waals surface area contributed by atoms with Crippen LogP contribution in [-0.2, 0) is 32.1 Å². The number of amides is 2. The first-order valence-corrected chi connectivity index (χ1v) is 9.80. The number of hydrogen-bond donors (Lipinski definition) is 2. The van der Waals surface area contributed by atoms with Gasteiger partial charge in [0.15, 0.2) is 0 Å². The third kappa shape index (κ3) is 8.09. The molecule has 0 unspecified atom stereocenters. The van der Waals surface area contributed by atoms with Crippen molar-refractivity contribution in [3.63, 3.8) is 0 Å². The number of benzene rings is 2. The van der Waals surface area contributed by atoms with Gasteiger partial charge in [0.2, 0.25) is 11.8 Å². The molecule has 0 aliphatic rings. The van der Waals surface area contributed by atoms with Crippen LogP contribution in [0, 0.1) is 11.8 Å². The molecular weight excluding hydrogens is 367 g/mol. The van der Waals surface area contributed by atoms with Gasteiger partial charge in [0.1, 0.15) is 0 Å². The monoisotopic (exact) mass is 396 g/mol. The van der Waals surface area contributed by atoms with Crippen molar-refractivity contribution in [2.75, 3.05) is 10.6 Å². The van der Waals surface area contributed by atoms with E-state index >= 15 is 0 Å². The van der Waals surface area contributed by atoms with Gasteiger partial charge >= 0.3 is 7.69 Å². The predicted octanol–water partition coefficient (Wildman–Crippen LogP) is 3.88. The van der Waals surface area contributed by atoms with Crippen LogP contribution in [-0.4, -0.2) is 19.5 Å². The fourth-order valence-corrected chi connectivity index (χ4v) is 2.43. The Morgan fingerprint density at radius 1 is 0.793 bits per heavy atom. The molecule has 0 spiro atoms. The molecule has 2 aromatic rings. The molecule has 29 heavy (non-hydrogen) atoms. The highest BCUT2D eigenvalue weighted by atomic mass is 16.6. The van der Waals surface area contributed by atoms with Crippen LogP contribution in [0.2, 0.25) is 0 Å². The normalized spacial score (nSPS) is 10.8. The summed E-state index contributed by atoms with van der Waals surface area (Å²) in [4.78, 5) is 23.6. The van der Waals surface area contributed by atoms with Crippen molar-refractivity contribution in [2.45, 2.75) is 40.9 Å². The van der Waals surface area contributed by atoms with Crippen LogP contribution in [0.1, 0.15) is 38.8 Å². The fourth-order valence-electron chi connectivity index (χ4n) is 2.43. The van der Waals surface area contributed by atoms with Gasteiger partial charge in [-0.3, -0.25) is 9.59 Å². The first-order chi connectivity index (χ1) is 13.8. The lowest BCUT2D eigenvalue weighted by Gasteiger charge is -2.10. The van der Waals surface area contributed by atoms with Gasteiger partial charge < -0.3 is 19.9 Å². The second-order valence-corrected chi connectivity index (χ2v) is 7.50. The highest BCUT2D eigenvalue weighted by Crippen LogP contribution is 2.14. The van der Waals surface area contributed by atoms with Crippen molar-refractivity contribution in [2.24, 2.45) is 11.8 Å². The van der Waals surface area contributed by atoms with Crippen LogP contribution in [0.25, 0.3) is 0 Å². The number of hydrogen-bond acceptors (Lipinski definition) is 4. The molecular formula is C22H29BN2O4. The van der Waals surface area contributed by atoms with Gasteiger partial charge in [-0.1, -0.05) is 52.0 Å². The van der Waals surface area contributed by atoms with Gasteiger partial charge in [0.25, 0.3) is 0 Å². The average molecular weight is 396 g/mol. The molecule has 2 amide bonds. The zero-order valence-corrected chi connectivity index (χ0v) is 17.5. The van der Waals surface area contributed by atoms with E-state index in [1.54, 1.807) is 0 Å². The largest absolute Gasteiger partial charge is 0.438 e. The highest BCUT2D eigenvalue weighted by Gasteiger charge is 2.08. The van der Waals surface area contributed by atoms with E-state index in [9.17, 15) is 9.59 Å². The molecule has 7 heteroatoms. The predicted molar refractivity (Wildman–Crippen MR) is 117 cm³/mol. The molecule has 2 rings (SSSR count). The first-order valence-electron chi connectivity index (χ1n) is 9.80. The highest BCUT2D eigenvalue weighted by molar-refractivity contribution is 6.17. The average Bonchev–Trinajstić information content (AvgIpc) is 2.68. The van der Waals surface area contributed by atoms with E-state index < -0.39 is 0 Å². The molecule has 154 valence electrons. The Morgan fingerprint density at radius 3 is 1.59 bits per heavy atom. The van der Waals surface area contributed by atoms with Gasteiger partial charge in [-0.25, -0.2) is 0 Å². The summed E-state index contributed by atoms with van der Waals surface area (Å²) in [6.07, 6.45) is 0. The van der Waals surface area contributed by atoms with E-state index in [0.29, 0.717) is 13.2 Å². The minimum atomic E-state index is -0.0690. The quantitative estimate of drug-likeness (QED) is 0.472. The Labute approximate surface area is 173 Å². The standard InChI is InChI=1S/C22H29BN2O4/c1-15(2)21(26)24-19-9-5-7-17(11-19)13-28-23-29-14-18-8-6-10-20(12-18)25-22(27)16(3)4/h5-12,15-16,23H,13-14H2,1-4H3,(H,24,26)(H,25,27). The molecule has 0 aliphatic heterocycles. The van der Waals surface area contributed by atoms with E-state index in [1.807, 2.05) is 76.2 Å². The SMILES string of the molecule is CC(C)C(=O)Nc1cccc(COBOCc2cccc(NC(=O)C(C)C)c2)c1. The van der Waals surface area contributed by atoms with E-state index in [4.69, 9.17) is 9.31 Å². The molecule has 0 aliphatic carbocycles. The van der Waals surface area contributed by atoms with Crippen LogP contribution in [0.3, 0.4) is 0 Å². The smallest absolute Gasteiger partial charge is 0.410 e. The van der Waals surface area contributed by atoms with Crippen molar-refractivity contribution in [3.8, 4) is 0 Å². The lowest BCUT2D eigenvalue weighted by atomic mass is 10.1. The Hall–Kier alpha value is -2.64. The topological polar surface area (TPSA) is 76.7 Å². The number of nitrogens with one attached hydrogen (secondary N) is 2. The van der Waals surface area contributed by atoms with Crippen LogP contribution < -0.4 is 10.6 Å². The Balaban J connectivity index is 1.75. The Morgan fingerprint density at radius 2 is 1.21 bits per heavy atom. The van der Waals surface area contributed by atoms with Crippen LogP contribution in [0.15, 0.2) is 48.5 Å². The zero-order valence-electron chi connectivity index (χ0n) is 17.5. The first kappa shape index (κ1) is 22.7. The molecule has 0 radical (unpaired) electrons. The molecule has 2 aromatic carbocycles. The van der Waals surface area contributed by atoms with E-state index in [1.165, 1.54) is 0 Å². The molecule has 0 saturated carbocycles. The maximum Gasteiger partial charge on any atom is 0.438 e. The number of rotatable bonds is 10. The maximum absolute atomic E-state index is 11.8. The summed E-state index contributed by atoms with van der Waals surface area (Å²) in [6.45, 7) is 8.19. The lowest BCUT2D eigenvalue weighted by molar-refractivity contribution is -0.119. The summed E-state index contributed by atoms with van der Waals surface area (Å²) in [5.41, 5.74) is 3.42. The second-order valence-electron chi connectivity index (χ2n) is 7.50. The summed E-state index contributed by atoms with van der Waals surface area (Å²) in [5, 5.41) is 5.75. The third-order valence-corrected chi connectivity index (χ3v) is 4.14. The van der Waals surface area contributed by atoms with Crippen molar-refractivity contribution in [1.82, 2.24) is 0 Å². The van der Waals surface area contributed by atoms with Crippen molar-refractivity contribution in [1.29, 1.82) is 0 Å². The van der Waals surface area contributed by atoms with E-state index in [0.717, 1.165) is 22.5 Å². The van der Waals surface area contributed by atoms with Crippen molar-refractivity contribution < 1.29 is 18.9 Å². The Kier molecular flexibility index (Phi) is 8.89. The Bertz CT molecular complexity index is 756. The van der Waals surface area contributed by atoms with Crippen LogP contribution in [0.4, 0.5) is 11.4 Å². The molecule has 0 bridgehead atoms. The van der Waals surface area contributed by atoms with Gasteiger partial charge in [-0.05, 0) is 35.4 Å². The third-order valence-electron chi connectivity index (χ3n) is 4.14. The van der Waals surface area contributed by atoms with Gasteiger partial charge in [0, 0.05) is 23.2 Å². The number of carbonyl (C=O) groups excluding carboxylic acids is 2. The van der Waals surface area contributed by atoms with Crippen molar-refractivity contribution in [3.05, 3.63) is 59.7 Å². The molecule has 0 aromatic heterocycles. The molecule has 0 saturated heterocycles. The second kappa shape index (κ2) is 11.4. The minimum Gasteiger partial charge on any atom is -0.410 e. The molecule has 2 N–H and O–H groups in total. The molecule has 6 nitrogen and oxygen atoms in total. The van der Waals surface area contributed by atoms with Crippen LogP contribution >= 0.6 is 0 Å². The summed E-state index contributed by atoms with van der Waals surface area (Å²) in [7, 11) is 0.144. The summed E-state index contributed by atoms with van der Waals surface area (Å²) in [5.74, 6) is -0.169. The summed E-state index contributed by atoms with van der Waals surface area (Å²) >= 11 is 0. The fraction of sp³-hybridized carbons (Fsp3) is 0.364. The van der Waals surface area contributed by atoms with Crippen molar-refractivity contribution >= 4 is 30.9 Å². The maximum atomic E-state index is 11.8. The molecule has 0 atom stereocenters. The van der Waals surface area contributed by atoms with Gasteiger partial charge in [0.05, 0.1) is 13.2 Å². The van der Waals surface area contributed by atoms with E-state index in [2.05, 4.69) is 10.6 Å². The minimum absolute atomic E-state index is 0.0155. The lowest BCUT2D eigenvalue weighted by Crippen LogP contribution is -2.17. The molecule has 0 fully saturated rings. The number of carbonyl (C=O) groups is 2. The summed E-state index contributed by atoms with van der Waals surface area (Å²) < 4.78 is 11.1. The zero-order chi connectivity index (χ0) is 21.2. The molecule has 0 heterocycles. The van der Waals surface area contributed by atoms with Gasteiger partial charge in [-0.15, -0.1) is 0 Å².